The van der Waals surface area contributed by atoms with Gasteiger partial charge in [-0.25, -0.2) is 15.0 Å². The number of nitrogens with zero attached hydrogens (tertiary/aromatic N) is 6. The van der Waals surface area contributed by atoms with Crippen LogP contribution in [0, 0.1) is 13.8 Å². The molecule has 168 valence electrons. The van der Waals surface area contributed by atoms with E-state index < -0.39 is 11.7 Å². The normalized spacial score (nSPS) is 12.2. The van der Waals surface area contributed by atoms with E-state index in [9.17, 15) is 13.2 Å². The van der Waals surface area contributed by atoms with Gasteiger partial charge in [0.15, 0.2) is 17.3 Å². The highest BCUT2D eigenvalue weighted by atomic mass is 19.4. The summed E-state index contributed by atoms with van der Waals surface area (Å²) in [6.45, 7) is 8.05. The van der Waals surface area contributed by atoms with Crippen molar-refractivity contribution in [1.82, 2.24) is 29.3 Å². The Bertz CT molecular complexity index is 1280. The molecule has 0 aliphatic carbocycles. The lowest BCUT2D eigenvalue weighted by Crippen LogP contribution is -2.09. The zero-order chi connectivity index (χ0) is 23.2. The molecule has 0 atom stereocenters. The van der Waals surface area contributed by atoms with Crippen LogP contribution in [0.3, 0.4) is 0 Å². The van der Waals surface area contributed by atoms with Gasteiger partial charge in [-0.1, -0.05) is 12.1 Å². The first-order chi connectivity index (χ1) is 15.1. The van der Waals surface area contributed by atoms with Gasteiger partial charge in [0.25, 0.3) is 0 Å². The van der Waals surface area contributed by atoms with E-state index in [1.54, 1.807) is 17.1 Å². The van der Waals surface area contributed by atoms with Gasteiger partial charge in [-0.3, -0.25) is 4.68 Å². The molecule has 4 aromatic rings. The van der Waals surface area contributed by atoms with E-state index in [0.29, 0.717) is 28.4 Å². The molecule has 3 heterocycles. The Balaban J connectivity index is 1.79. The summed E-state index contributed by atoms with van der Waals surface area (Å²) in [6.07, 6.45) is -2.69. The summed E-state index contributed by atoms with van der Waals surface area (Å²) in [7, 11) is 1.86. The molecule has 10 heteroatoms. The van der Waals surface area contributed by atoms with Crippen molar-refractivity contribution in [3.63, 3.8) is 0 Å². The van der Waals surface area contributed by atoms with E-state index in [4.69, 9.17) is 9.97 Å². The molecule has 0 radical (unpaired) electrons. The second-order valence-corrected chi connectivity index (χ2v) is 8.03. The Morgan fingerprint density at radius 3 is 2.50 bits per heavy atom. The summed E-state index contributed by atoms with van der Waals surface area (Å²) in [5.41, 5.74) is 3.56. The number of halogens is 3. The largest absolute Gasteiger partial charge is 0.416 e. The Morgan fingerprint density at radius 2 is 1.88 bits per heavy atom. The Kier molecular flexibility index (Phi) is 5.39. The number of imidazole rings is 1. The quantitative estimate of drug-likeness (QED) is 0.467. The Hall–Kier alpha value is -3.43. The third kappa shape index (κ3) is 3.92. The fraction of sp³-hybridized carbons (Fsp3) is 0.364. The van der Waals surface area contributed by atoms with Gasteiger partial charge in [-0.2, -0.15) is 18.3 Å². The maximum absolute atomic E-state index is 13.1. The predicted octanol–water partition coefficient (Wildman–Crippen LogP) is 5.06. The van der Waals surface area contributed by atoms with Crippen LogP contribution in [0.25, 0.3) is 22.6 Å². The number of nitrogens with one attached hydrogen (secondary N) is 1. The molecule has 4 rings (SSSR count). The summed E-state index contributed by atoms with van der Waals surface area (Å²) >= 11 is 0. The number of hydrogen-bond donors (Lipinski definition) is 1. The average molecular weight is 443 g/mol. The van der Waals surface area contributed by atoms with Crippen LogP contribution in [0.1, 0.15) is 42.4 Å². The van der Waals surface area contributed by atoms with Crippen LogP contribution >= 0.6 is 0 Å². The van der Waals surface area contributed by atoms with Crippen molar-refractivity contribution in [2.45, 2.75) is 46.5 Å². The van der Waals surface area contributed by atoms with E-state index in [0.717, 1.165) is 29.1 Å². The van der Waals surface area contributed by atoms with Gasteiger partial charge in [0.2, 0.25) is 0 Å². The van der Waals surface area contributed by atoms with Crippen LogP contribution in [-0.4, -0.2) is 29.3 Å². The molecule has 0 fully saturated rings. The Morgan fingerprint density at radius 1 is 1.12 bits per heavy atom. The van der Waals surface area contributed by atoms with Crippen LogP contribution in [0.4, 0.5) is 19.0 Å². The average Bonchev–Trinajstić information content (AvgIpc) is 3.26. The van der Waals surface area contributed by atoms with Crippen molar-refractivity contribution in [2.75, 3.05) is 5.32 Å². The number of rotatable bonds is 5. The van der Waals surface area contributed by atoms with E-state index in [1.165, 1.54) is 6.07 Å². The molecule has 32 heavy (non-hydrogen) atoms. The highest BCUT2D eigenvalue weighted by molar-refractivity contribution is 5.85. The molecule has 1 aromatic carbocycles. The number of aromatic nitrogens is 6. The molecule has 1 N–H and O–H groups in total. The van der Waals surface area contributed by atoms with Crippen molar-refractivity contribution in [3.05, 3.63) is 53.1 Å². The molecule has 0 aliphatic rings. The second-order valence-electron chi connectivity index (χ2n) is 8.03. The fourth-order valence-corrected chi connectivity index (χ4v) is 3.67. The molecule has 0 saturated heterocycles. The van der Waals surface area contributed by atoms with Gasteiger partial charge in [0.05, 0.1) is 23.1 Å². The molecule has 0 amide bonds. The monoisotopic (exact) mass is 443 g/mol. The van der Waals surface area contributed by atoms with Crippen molar-refractivity contribution in [3.8, 4) is 11.4 Å². The van der Waals surface area contributed by atoms with Crippen LogP contribution in [0.15, 0.2) is 30.6 Å². The number of benzene rings is 1. The summed E-state index contributed by atoms with van der Waals surface area (Å²) < 4.78 is 42.9. The molecule has 7 nitrogen and oxygen atoms in total. The van der Waals surface area contributed by atoms with Gasteiger partial charge in [0, 0.05) is 25.3 Å². The lowest BCUT2D eigenvalue weighted by molar-refractivity contribution is -0.137. The molecule has 0 saturated carbocycles. The molecular formula is C22H24F3N7. The molecule has 0 spiro atoms. The molecule has 0 aliphatic heterocycles. The zero-order valence-corrected chi connectivity index (χ0v) is 18.5. The summed E-state index contributed by atoms with van der Waals surface area (Å²) in [5, 5.41) is 7.62. The van der Waals surface area contributed by atoms with Gasteiger partial charge in [-0.05, 0) is 45.4 Å². The maximum atomic E-state index is 13.1. The number of anilines is 1. The minimum absolute atomic E-state index is 0.121. The first-order valence-corrected chi connectivity index (χ1v) is 10.2. The molecule has 0 unspecified atom stereocenters. The highest BCUT2D eigenvalue weighted by Gasteiger charge is 2.30. The van der Waals surface area contributed by atoms with Crippen molar-refractivity contribution < 1.29 is 13.2 Å². The highest BCUT2D eigenvalue weighted by Crippen LogP contribution is 2.31. The Labute approximate surface area is 183 Å². The fourth-order valence-electron chi connectivity index (χ4n) is 3.67. The predicted molar refractivity (Wildman–Crippen MR) is 116 cm³/mol. The number of alkyl halides is 3. The number of fused-ring (bicyclic) bond motifs is 1. The number of aryl methyl sites for hydroxylation is 2. The molecule has 0 bridgehead atoms. The zero-order valence-electron chi connectivity index (χ0n) is 18.5. The van der Waals surface area contributed by atoms with E-state index in [-0.39, 0.29) is 12.6 Å². The van der Waals surface area contributed by atoms with Crippen molar-refractivity contribution in [2.24, 2.45) is 7.05 Å². The first-order valence-electron chi connectivity index (χ1n) is 10.2. The molecule has 3 aromatic heterocycles. The third-order valence-electron chi connectivity index (χ3n) is 5.42. The van der Waals surface area contributed by atoms with E-state index in [2.05, 4.69) is 15.4 Å². The standard InChI is InChI=1S/C22H24F3N7/c1-12(2)32-11-27-18-20(26-10-15-7-6-8-16(9-15)22(23,24)25)28-19(29-21(18)32)17-13(3)30-31(5)14(17)4/h6-9,11-12H,10H2,1-5H3,(H,26,28,29). The first kappa shape index (κ1) is 21.8. The van der Waals surface area contributed by atoms with E-state index >= 15 is 0 Å². The maximum Gasteiger partial charge on any atom is 0.416 e. The topological polar surface area (TPSA) is 73.5 Å². The van der Waals surface area contributed by atoms with Gasteiger partial charge >= 0.3 is 6.18 Å². The van der Waals surface area contributed by atoms with Crippen LogP contribution in [0.5, 0.6) is 0 Å². The lowest BCUT2D eigenvalue weighted by atomic mass is 10.1. The van der Waals surface area contributed by atoms with Gasteiger partial charge in [0.1, 0.15) is 5.52 Å². The van der Waals surface area contributed by atoms with Crippen LogP contribution in [0.2, 0.25) is 0 Å². The molecular weight excluding hydrogens is 419 g/mol. The number of hydrogen-bond acceptors (Lipinski definition) is 5. The third-order valence-corrected chi connectivity index (χ3v) is 5.42. The SMILES string of the molecule is Cc1nn(C)c(C)c1-c1nc(NCc2cccc(C(F)(F)F)c2)c2ncn(C(C)C)c2n1. The van der Waals surface area contributed by atoms with Crippen molar-refractivity contribution in [1.29, 1.82) is 0 Å². The summed E-state index contributed by atoms with van der Waals surface area (Å²) in [4.78, 5) is 13.9. The smallest absolute Gasteiger partial charge is 0.364 e. The van der Waals surface area contributed by atoms with Gasteiger partial charge < -0.3 is 9.88 Å². The summed E-state index contributed by atoms with van der Waals surface area (Å²) in [5.74, 6) is 0.957. The minimum atomic E-state index is -4.39. The minimum Gasteiger partial charge on any atom is -0.364 e. The van der Waals surface area contributed by atoms with Crippen molar-refractivity contribution >= 4 is 17.0 Å². The summed E-state index contributed by atoms with van der Waals surface area (Å²) in [6, 6.07) is 5.35. The second kappa shape index (κ2) is 7.92. The lowest BCUT2D eigenvalue weighted by Gasteiger charge is -2.12. The van der Waals surface area contributed by atoms with Gasteiger partial charge in [-0.15, -0.1) is 0 Å². The van der Waals surface area contributed by atoms with Crippen LogP contribution < -0.4 is 5.32 Å². The van der Waals surface area contributed by atoms with Crippen LogP contribution in [-0.2, 0) is 19.8 Å². The van der Waals surface area contributed by atoms with E-state index in [1.807, 2.05) is 39.3 Å².